The van der Waals surface area contributed by atoms with E-state index in [-0.39, 0.29) is 25.0 Å². The van der Waals surface area contributed by atoms with Gasteiger partial charge in [-0.25, -0.2) is 0 Å². The molecule has 5 N–H and O–H groups in total. The molecule has 9 atom stereocenters. The fraction of sp³-hybridized carbons (Fsp3) is 0.818. The van der Waals surface area contributed by atoms with Gasteiger partial charge in [-0.2, -0.15) is 0 Å². The Morgan fingerprint density at radius 2 is 1.77 bits per heavy atom. The summed E-state index contributed by atoms with van der Waals surface area (Å²) in [4.78, 5) is 25.8. The fourth-order valence-corrected chi connectivity index (χ4v) is 6.78. The molecule has 9 heteroatoms. The highest BCUT2D eigenvalue weighted by Gasteiger charge is 2.76. The van der Waals surface area contributed by atoms with Crippen LogP contribution in [0.1, 0.15) is 47.5 Å². The molecule has 3 aliphatic carbocycles. The largest absolute Gasteiger partial charge is 0.454 e. The van der Waals surface area contributed by atoms with Crippen molar-refractivity contribution in [3.63, 3.8) is 0 Å². The molecule has 9 nitrogen and oxygen atoms in total. The summed E-state index contributed by atoms with van der Waals surface area (Å²) in [5, 5.41) is 56.5. The molecule has 174 valence electrons. The van der Waals surface area contributed by atoms with Crippen LogP contribution in [-0.4, -0.2) is 85.6 Å². The number of fused-ring (bicyclic) bond motifs is 5. The number of hydrogen-bond donors (Lipinski definition) is 5. The van der Waals surface area contributed by atoms with Crippen molar-refractivity contribution in [2.45, 2.75) is 89.2 Å². The monoisotopic (exact) mass is 440 g/mol. The summed E-state index contributed by atoms with van der Waals surface area (Å²) in [6, 6.07) is 0. The van der Waals surface area contributed by atoms with Crippen LogP contribution >= 0.6 is 0 Å². The summed E-state index contributed by atoms with van der Waals surface area (Å²) in [7, 11) is 0. The van der Waals surface area contributed by atoms with E-state index in [1.54, 1.807) is 20.8 Å². The molecule has 3 fully saturated rings. The molecular weight excluding hydrogens is 408 g/mol. The molecule has 2 bridgehead atoms. The molecule has 0 amide bonds. The quantitative estimate of drug-likeness (QED) is 0.261. The fourth-order valence-electron chi connectivity index (χ4n) is 6.78. The van der Waals surface area contributed by atoms with Gasteiger partial charge in [0.15, 0.2) is 11.4 Å². The average Bonchev–Trinajstić information content (AvgIpc) is 2.65. The molecule has 0 aromatic heterocycles. The lowest BCUT2D eigenvalue weighted by Crippen LogP contribution is -2.81. The second-order valence-electron chi connectivity index (χ2n) is 10.4. The first kappa shape index (κ1) is 22.8. The van der Waals surface area contributed by atoms with Crippen molar-refractivity contribution in [2.75, 3.05) is 6.61 Å². The Hall–Kier alpha value is -1.36. The molecule has 1 aliphatic heterocycles. The Balaban J connectivity index is 2.02. The van der Waals surface area contributed by atoms with Gasteiger partial charge in [0.2, 0.25) is 0 Å². The van der Waals surface area contributed by atoms with Crippen LogP contribution in [0, 0.1) is 16.7 Å². The maximum atomic E-state index is 13.8. The highest BCUT2D eigenvalue weighted by atomic mass is 16.6. The molecule has 1 heterocycles. The summed E-state index contributed by atoms with van der Waals surface area (Å²) in [6.45, 7) is 7.30. The van der Waals surface area contributed by atoms with E-state index < -0.39 is 70.2 Å². The Bertz CT molecular complexity index is 865. The lowest BCUT2D eigenvalue weighted by molar-refractivity contribution is -0.346. The minimum absolute atomic E-state index is 0.0338. The van der Waals surface area contributed by atoms with Crippen LogP contribution in [0.5, 0.6) is 0 Å². The van der Waals surface area contributed by atoms with Crippen molar-refractivity contribution in [3.05, 3.63) is 11.1 Å². The number of ether oxygens (including phenoxy) is 2. The van der Waals surface area contributed by atoms with Crippen LogP contribution in [0.25, 0.3) is 0 Å². The van der Waals surface area contributed by atoms with E-state index in [2.05, 4.69) is 0 Å². The van der Waals surface area contributed by atoms with Gasteiger partial charge in [0.1, 0.15) is 17.8 Å². The summed E-state index contributed by atoms with van der Waals surface area (Å²) in [6.07, 6.45) is -6.97. The Morgan fingerprint density at radius 1 is 1.16 bits per heavy atom. The van der Waals surface area contributed by atoms with Gasteiger partial charge >= 0.3 is 5.97 Å². The molecular formula is C22H32O9. The van der Waals surface area contributed by atoms with Crippen LogP contribution in [0.4, 0.5) is 0 Å². The van der Waals surface area contributed by atoms with Crippen LogP contribution in [0.3, 0.4) is 0 Å². The zero-order valence-electron chi connectivity index (χ0n) is 18.5. The number of hydrogen-bond acceptors (Lipinski definition) is 9. The summed E-state index contributed by atoms with van der Waals surface area (Å²) in [5.74, 6) is -2.68. The van der Waals surface area contributed by atoms with Crippen molar-refractivity contribution in [3.8, 4) is 0 Å². The Morgan fingerprint density at radius 3 is 2.29 bits per heavy atom. The van der Waals surface area contributed by atoms with E-state index in [1.807, 2.05) is 0 Å². The molecule has 0 aromatic carbocycles. The van der Waals surface area contributed by atoms with Crippen molar-refractivity contribution in [1.82, 2.24) is 0 Å². The van der Waals surface area contributed by atoms with E-state index in [1.165, 1.54) is 13.8 Å². The van der Waals surface area contributed by atoms with Gasteiger partial charge in [-0.1, -0.05) is 13.8 Å². The minimum atomic E-state index is -1.99. The second kappa shape index (κ2) is 6.59. The Labute approximate surface area is 180 Å². The number of Topliss-reactive ketones (excluding diaryl/α,β-unsaturated/α-hetero) is 1. The zero-order chi connectivity index (χ0) is 23.3. The predicted molar refractivity (Wildman–Crippen MR) is 106 cm³/mol. The average molecular weight is 440 g/mol. The third-order valence-electron chi connectivity index (χ3n) is 8.73. The first-order valence-corrected chi connectivity index (χ1v) is 10.7. The second-order valence-corrected chi connectivity index (χ2v) is 10.4. The number of ketones is 1. The van der Waals surface area contributed by atoms with Gasteiger partial charge in [-0.05, 0) is 25.0 Å². The maximum absolute atomic E-state index is 13.8. The SMILES string of the molecule is CC(=O)O[C@]12CO[C@@H]1C[C@H](O)[C@@]1(C)C(=O)[C@H](O)C3=C(C)[C@@H](O)C[C@@](O)([C@@H](O)[C@H]21)C3(C)C. The minimum Gasteiger partial charge on any atom is -0.454 e. The number of carbonyl (C=O) groups is 2. The van der Waals surface area contributed by atoms with Gasteiger partial charge in [0.25, 0.3) is 0 Å². The van der Waals surface area contributed by atoms with Gasteiger partial charge in [-0.15, -0.1) is 0 Å². The summed E-state index contributed by atoms with van der Waals surface area (Å²) < 4.78 is 11.2. The maximum Gasteiger partial charge on any atom is 0.303 e. The van der Waals surface area contributed by atoms with E-state index in [9.17, 15) is 35.1 Å². The lowest BCUT2D eigenvalue weighted by atomic mass is 9.45. The van der Waals surface area contributed by atoms with Gasteiger partial charge in [0.05, 0.1) is 30.3 Å². The number of rotatable bonds is 1. The molecule has 2 saturated carbocycles. The first-order valence-electron chi connectivity index (χ1n) is 10.7. The van der Waals surface area contributed by atoms with Crippen LogP contribution in [-0.2, 0) is 19.1 Å². The zero-order valence-corrected chi connectivity index (χ0v) is 18.5. The van der Waals surface area contributed by atoms with Crippen LogP contribution in [0.15, 0.2) is 11.1 Å². The molecule has 1 saturated heterocycles. The van der Waals surface area contributed by atoms with E-state index >= 15 is 0 Å². The van der Waals surface area contributed by atoms with Gasteiger partial charge in [0, 0.05) is 31.1 Å². The third kappa shape index (κ3) is 2.53. The third-order valence-corrected chi connectivity index (χ3v) is 8.73. The van der Waals surface area contributed by atoms with Gasteiger partial charge < -0.3 is 35.0 Å². The molecule has 0 radical (unpaired) electrons. The smallest absolute Gasteiger partial charge is 0.303 e. The predicted octanol–water partition coefficient (Wildman–Crippen LogP) is -0.783. The highest BCUT2D eigenvalue weighted by molar-refractivity contribution is 5.93. The van der Waals surface area contributed by atoms with E-state index in [4.69, 9.17) is 9.47 Å². The van der Waals surface area contributed by atoms with Crippen molar-refractivity contribution >= 4 is 11.8 Å². The normalized spacial score (nSPS) is 51.1. The summed E-state index contributed by atoms with van der Waals surface area (Å²) >= 11 is 0. The topological polar surface area (TPSA) is 154 Å². The van der Waals surface area contributed by atoms with Crippen molar-refractivity contribution in [1.29, 1.82) is 0 Å². The van der Waals surface area contributed by atoms with Gasteiger partial charge in [-0.3, -0.25) is 9.59 Å². The van der Waals surface area contributed by atoms with Crippen molar-refractivity contribution in [2.24, 2.45) is 16.7 Å². The number of carbonyl (C=O) groups excluding carboxylic acids is 2. The van der Waals surface area contributed by atoms with Crippen molar-refractivity contribution < 1.29 is 44.6 Å². The Kier molecular flexibility index (Phi) is 4.85. The molecule has 0 aromatic rings. The molecule has 0 spiro atoms. The van der Waals surface area contributed by atoms with E-state index in [0.717, 1.165) is 0 Å². The van der Waals surface area contributed by atoms with Crippen LogP contribution < -0.4 is 0 Å². The lowest BCUT2D eigenvalue weighted by Gasteiger charge is -2.67. The molecule has 31 heavy (non-hydrogen) atoms. The standard InChI is InChI=1S/C22H32O9/c1-9-11(24)7-22(29)18(28)16-20(5,17(27)15(26)14(9)19(22,3)4)12(25)6-13-21(16,8-30-13)31-10(2)23/h11-13,15-16,18,24-26,28-29H,6-8H2,1-5H3/t11-,12-,13+,15+,16-,18-,20+,21+,22+/m0/s1. The number of aliphatic hydroxyl groups excluding tert-OH is 4. The van der Waals surface area contributed by atoms with E-state index in [0.29, 0.717) is 5.57 Å². The first-order chi connectivity index (χ1) is 14.2. The molecule has 4 aliphatic rings. The number of aliphatic hydroxyl groups is 5. The summed E-state index contributed by atoms with van der Waals surface area (Å²) in [5.41, 5.74) is -6.00. The highest BCUT2D eigenvalue weighted by Crippen LogP contribution is 2.63. The molecule has 0 unspecified atom stereocenters. The number of esters is 1. The van der Waals surface area contributed by atoms with Crippen LogP contribution in [0.2, 0.25) is 0 Å². The molecule has 4 rings (SSSR count).